The van der Waals surface area contributed by atoms with Gasteiger partial charge in [0.2, 0.25) is 5.91 Å². The van der Waals surface area contributed by atoms with Crippen LogP contribution in [-0.2, 0) is 20.9 Å². The monoisotopic (exact) mass is 383 g/mol. The topological polar surface area (TPSA) is 62.7 Å². The van der Waals surface area contributed by atoms with Gasteiger partial charge in [0.1, 0.15) is 12.4 Å². The number of morpholine rings is 1. The molecule has 4 rings (SSSR count). The van der Waals surface area contributed by atoms with E-state index in [0.717, 1.165) is 24.0 Å². The van der Waals surface area contributed by atoms with Crippen molar-refractivity contribution in [2.24, 2.45) is 0 Å². The van der Waals surface area contributed by atoms with Gasteiger partial charge in [-0.2, -0.15) is 0 Å². The van der Waals surface area contributed by atoms with E-state index in [9.17, 15) is 14.0 Å². The summed E-state index contributed by atoms with van der Waals surface area (Å²) >= 11 is 0. The summed E-state index contributed by atoms with van der Waals surface area (Å²) in [4.78, 5) is 33.3. The Kier molecular flexibility index (Phi) is 5.09. The second-order valence-electron chi connectivity index (χ2n) is 7.32. The van der Waals surface area contributed by atoms with E-state index in [0.29, 0.717) is 6.54 Å². The molecule has 0 N–H and O–H groups in total. The van der Waals surface area contributed by atoms with E-state index in [2.05, 4.69) is 4.98 Å². The first-order valence-corrected chi connectivity index (χ1v) is 9.36. The Hall–Kier alpha value is -2.80. The molecule has 1 aliphatic heterocycles. The first kappa shape index (κ1) is 18.6. The van der Waals surface area contributed by atoms with Crippen LogP contribution in [0.5, 0.6) is 0 Å². The van der Waals surface area contributed by atoms with Gasteiger partial charge in [-0.1, -0.05) is 18.2 Å². The van der Waals surface area contributed by atoms with Gasteiger partial charge in [0, 0.05) is 32.0 Å². The minimum atomic E-state index is -0.798. The molecule has 1 aromatic heterocycles. The first-order valence-electron chi connectivity index (χ1n) is 9.36. The van der Waals surface area contributed by atoms with Crippen LogP contribution in [0.4, 0.5) is 4.39 Å². The number of pyridine rings is 1. The van der Waals surface area contributed by atoms with Crippen LogP contribution in [0.1, 0.15) is 30.0 Å². The molecule has 1 saturated carbocycles. The number of halogens is 1. The summed E-state index contributed by atoms with van der Waals surface area (Å²) in [6.45, 7) is 0.226. The van der Waals surface area contributed by atoms with Gasteiger partial charge in [0.05, 0.1) is 6.04 Å². The molecule has 2 atom stereocenters. The highest BCUT2D eigenvalue weighted by atomic mass is 19.1. The summed E-state index contributed by atoms with van der Waals surface area (Å²) in [6, 6.07) is 9.37. The number of nitrogens with zero attached hydrogens (tertiary/aromatic N) is 3. The van der Waals surface area contributed by atoms with Crippen molar-refractivity contribution in [1.82, 2.24) is 14.8 Å². The van der Waals surface area contributed by atoms with Crippen LogP contribution in [0, 0.1) is 5.82 Å². The molecule has 146 valence electrons. The Morgan fingerprint density at radius 1 is 1.29 bits per heavy atom. The number of hydrogen-bond acceptors (Lipinski definition) is 4. The highest BCUT2D eigenvalue weighted by Gasteiger charge is 2.48. The fourth-order valence-electron chi connectivity index (χ4n) is 3.66. The van der Waals surface area contributed by atoms with Crippen molar-refractivity contribution in [2.75, 3.05) is 13.7 Å². The smallest absolute Gasteiger partial charge is 0.254 e. The lowest BCUT2D eigenvalue weighted by Crippen LogP contribution is -2.55. The van der Waals surface area contributed by atoms with E-state index < -0.39 is 12.1 Å². The zero-order chi connectivity index (χ0) is 19.7. The number of rotatable bonds is 5. The third-order valence-corrected chi connectivity index (χ3v) is 5.18. The third-order valence-electron chi connectivity index (χ3n) is 5.18. The molecular formula is C21H22FN3O3. The van der Waals surface area contributed by atoms with Crippen molar-refractivity contribution in [1.29, 1.82) is 0 Å². The predicted molar refractivity (Wildman–Crippen MR) is 99.5 cm³/mol. The van der Waals surface area contributed by atoms with E-state index in [1.165, 1.54) is 12.1 Å². The van der Waals surface area contributed by atoms with Gasteiger partial charge >= 0.3 is 0 Å². The number of carbonyl (C=O) groups excluding carboxylic acids is 2. The van der Waals surface area contributed by atoms with Gasteiger partial charge in [0.25, 0.3) is 5.91 Å². The quantitative estimate of drug-likeness (QED) is 0.795. The highest BCUT2D eigenvalue weighted by molar-refractivity contribution is 5.86. The molecule has 1 aliphatic carbocycles. The van der Waals surface area contributed by atoms with Gasteiger partial charge in [-0.25, -0.2) is 4.39 Å². The fraction of sp³-hybridized carbons (Fsp3) is 0.381. The third kappa shape index (κ3) is 3.75. The number of amides is 2. The minimum Gasteiger partial charge on any atom is -0.356 e. The van der Waals surface area contributed by atoms with Crippen molar-refractivity contribution < 1.29 is 18.7 Å². The maximum atomic E-state index is 13.2. The van der Waals surface area contributed by atoms with Crippen LogP contribution >= 0.6 is 0 Å². The van der Waals surface area contributed by atoms with Gasteiger partial charge in [-0.15, -0.1) is 0 Å². The standard InChI is InChI=1S/C21H22FN3O3/c1-24(12-14-4-6-16(22)7-5-14)21(27)20-19(15-3-2-10-23-11-15)25(17-8-9-17)18(26)13-28-20/h2-7,10-11,17,19-20H,8-9,12-13H2,1H3/t19-,20+/m1/s1. The molecule has 7 heteroatoms. The van der Waals surface area contributed by atoms with Gasteiger partial charge < -0.3 is 14.5 Å². The van der Waals surface area contributed by atoms with Crippen molar-refractivity contribution in [3.05, 3.63) is 65.7 Å². The normalized spacial score (nSPS) is 22.2. The van der Waals surface area contributed by atoms with Crippen LogP contribution in [0.25, 0.3) is 0 Å². The van der Waals surface area contributed by atoms with Gasteiger partial charge in [-0.3, -0.25) is 14.6 Å². The van der Waals surface area contributed by atoms with Crippen LogP contribution in [-0.4, -0.2) is 52.4 Å². The number of hydrogen-bond donors (Lipinski definition) is 0. The molecule has 28 heavy (non-hydrogen) atoms. The number of aromatic nitrogens is 1. The van der Waals surface area contributed by atoms with E-state index in [-0.39, 0.29) is 30.3 Å². The first-order chi connectivity index (χ1) is 13.5. The average molecular weight is 383 g/mol. The molecule has 2 aromatic rings. The summed E-state index contributed by atoms with van der Waals surface area (Å²) in [7, 11) is 1.69. The summed E-state index contributed by atoms with van der Waals surface area (Å²) in [6.07, 6.45) is 4.42. The van der Waals surface area contributed by atoms with Gasteiger partial charge in [0.15, 0.2) is 6.10 Å². The lowest BCUT2D eigenvalue weighted by molar-refractivity contribution is -0.170. The molecule has 0 unspecified atom stereocenters. The molecule has 0 spiro atoms. The van der Waals surface area contributed by atoms with E-state index in [1.54, 1.807) is 47.4 Å². The zero-order valence-electron chi connectivity index (χ0n) is 15.6. The van der Waals surface area contributed by atoms with Crippen LogP contribution in [0.15, 0.2) is 48.8 Å². The summed E-state index contributed by atoms with van der Waals surface area (Å²) in [5, 5.41) is 0. The molecule has 2 heterocycles. The second kappa shape index (κ2) is 7.67. The minimum absolute atomic E-state index is 0.0957. The molecule has 0 bridgehead atoms. The lowest BCUT2D eigenvalue weighted by Gasteiger charge is -2.41. The Bertz CT molecular complexity index is 855. The van der Waals surface area contributed by atoms with Crippen LogP contribution in [0.3, 0.4) is 0 Å². The molecule has 1 saturated heterocycles. The van der Waals surface area contributed by atoms with E-state index in [4.69, 9.17) is 4.74 Å². The zero-order valence-corrected chi connectivity index (χ0v) is 15.6. The van der Waals surface area contributed by atoms with E-state index in [1.807, 2.05) is 6.07 Å². The number of benzene rings is 1. The van der Waals surface area contributed by atoms with Crippen molar-refractivity contribution >= 4 is 11.8 Å². The predicted octanol–water partition coefficient (Wildman–Crippen LogP) is 2.31. The molecule has 0 radical (unpaired) electrons. The summed E-state index contributed by atoms with van der Waals surface area (Å²) in [5.41, 5.74) is 1.61. The molecule has 2 amide bonds. The highest BCUT2D eigenvalue weighted by Crippen LogP contribution is 2.39. The van der Waals surface area contributed by atoms with Crippen LogP contribution in [0.2, 0.25) is 0 Å². The van der Waals surface area contributed by atoms with Crippen LogP contribution < -0.4 is 0 Å². The molecule has 2 aliphatic rings. The average Bonchev–Trinajstić information content (AvgIpc) is 3.54. The molecular weight excluding hydrogens is 361 g/mol. The SMILES string of the molecule is CN(Cc1ccc(F)cc1)C(=O)[C@H]1OCC(=O)N(C2CC2)[C@@H]1c1cccnc1. The number of likely N-dealkylation sites (N-methyl/N-ethyl adjacent to an activating group) is 1. The molecule has 2 fully saturated rings. The van der Waals surface area contributed by atoms with Gasteiger partial charge in [-0.05, 0) is 42.2 Å². The summed E-state index contributed by atoms with van der Waals surface area (Å²) in [5.74, 6) is -0.624. The van der Waals surface area contributed by atoms with Crippen molar-refractivity contribution in [2.45, 2.75) is 37.6 Å². The van der Waals surface area contributed by atoms with E-state index >= 15 is 0 Å². The Morgan fingerprint density at radius 2 is 2.04 bits per heavy atom. The Morgan fingerprint density at radius 3 is 2.68 bits per heavy atom. The number of carbonyl (C=O) groups is 2. The maximum Gasteiger partial charge on any atom is 0.254 e. The fourth-order valence-corrected chi connectivity index (χ4v) is 3.66. The molecule has 6 nitrogen and oxygen atoms in total. The molecule has 1 aromatic carbocycles. The largest absolute Gasteiger partial charge is 0.356 e. The van der Waals surface area contributed by atoms with Crippen molar-refractivity contribution in [3.63, 3.8) is 0 Å². The lowest BCUT2D eigenvalue weighted by atomic mass is 9.97. The maximum absolute atomic E-state index is 13.2. The second-order valence-corrected chi connectivity index (χ2v) is 7.32. The Balaban J connectivity index is 1.59. The Labute approximate surface area is 162 Å². The summed E-state index contributed by atoms with van der Waals surface area (Å²) < 4.78 is 18.9. The van der Waals surface area contributed by atoms with Crippen molar-refractivity contribution in [3.8, 4) is 0 Å². The number of ether oxygens (including phenoxy) is 1.